The normalized spacial score (nSPS) is 16.9. The summed E-state index contributed by atoms with van der Waals surface area (Å²) in [6.45, 7) is 11.7. The molecule has 1 N–H and O–H groups in total. The molecule has 0 bridgehead atoms. The van der Waals surface area contributed by atoms with Crippen LogP contribution in [0.2, 0.25) is 0 Å². The number of piperazine rings is 1. The Labute approximate surface area is 144 Å². The predicted octanol–water partition coefficient (Wildman–Crippen LogP) is 3.10. The number of nitrogens with zero attached hydrogens (tertiary/aromatic N) is 4. The number of hydrogen-bond acceptors (Lipinski definition) is 5. The van der Waals surface area contributed by atoms with Gasteiger partial charge in [0.25, 0.3) is 0 Å². The maximum Gasteiger partial charge on any atom is 0.227 e. The fourth-order valence-corrected chi connectivity index (χ4v) is 3.08. The summed E-state index contributed by atoms with van der Waals surface area (Å²) in [6.07, 6.45) is 0. The molecule has 3 rings (SSSR count). The van der Waals surface area contributed by atoms with E-state index in [0.717, 1.165) is 50.2 Å². The summed E-state index contributed by atoms with van der Waals surface area (Å²) in [5, 5.41) is 3.51. The summed E-state index contributed by atoms with van der Waals surface area (Å²) in [6, 6.07) is 12.7. The third-order valence-electron chi connectivity index (χ3n) is 4.61. The van der Waals surface area contributed by atoms with Gasteiger partial charge in [0.15, 0.2) is 0 Å². The molecule has 5 heteroatoms. The SMILES string of the molecule is CCN1CCN(c2nc(C)cc(NC(C)c3ccccc3)n2)CC1. The second kappa shape index (κ2) is 7.62. The lowest BCUT2D eigenvalue weighted by Crippen LogP contribution is -2.46. The van der Waals surface area contributed by atoms with Crippen LogP contribution in [0.3, 0.4) is 0 Å². The molecule has 1 aliphatic rings. The Morgan fingerprint density at radius 2 is 1.79 bits per heavy atom. The van der Waals surface area contributed by atoms with Crippen LogP contribution in [0.1, 0.15) is 31.1 Å². The average Bonchev–Trinajstić information content (AvgIpc) is 2.62. The van der Waals surface area contributed by atoms with Crippen molar-refractivity contribution in [3.63, 3.8) is 0 Å². The molecule has 128 valence electrons. The molecule has 1 atom stereocenters. The molecule has 1 fully saturated rings. The molecule has 0 spiro atoms. The van der Waals surface area contributed by atoms with Crippen molar-refractivity contribution in [2.75, 3.05) is 42.9 Å². The number of benzene rings is 1. The first kappa shape index (κ1) is 16.7. The molecule has 1 aliphatic heterocycles. The molecule has 0 amide bonds. The van der Waals surface area contributed by atoms with Crippen molar-refractivity contribution < 1.29 is 0 Å². The molecular formula is C19H27N5. The van der Waals surface area contributed by atoms with Crippen LogP contribution < -0.4 is 10.2 Å². The summed E-state index contributed by atoms with van der Waals surface area (Å²) >= 11 is 0. The topological polar surface area (TPSA) is 44.3 Å². The Kier molecular flexibility index (Phi) is 5.30. The minimum Gasteiger partial charge on any atom is -0.363 e. The Morgan fingerprint density at radius 3 is 2.46 bits per heavy atom. The number of likely N-dealkylation sites (N-methyl/N-ethyl adjacent to an activating group) is 1. The number of aryl methyl sites for hydroxylation is 1. The van der Waals surface area contributed by atoms with Crippen LogP contribution in [-0.2, 0) is 0 Å². The van der Waals surface area contributed by atoms with Crippen LogP contribution >= 0.6 is 0 Å². The standard InChI is InChI=1S/C19H27N5/c1-4-23-10-12-24(13-11-23)19-20-15(2)14-18(22-19)21-16(3)17-8-6-5-7-9-17/h5-9,14,16H,4,10-13H2,1-3H3,(H,20,21,22). The van der Waals surface area contributed by atoms with Gasteiger partial charge in [-0.1, -0.05) is 37.3 Å². The second-order valence-electron chi connectivity index (χ2n) is 6.39. The highest BCUT2D eigenvalue weighted by molar-refractivity contribution is 5.45. The monoisotopic (exact) mass is 325 g/mol. The van der Waals surface area contributed by atoms with Gasteiger partial charge in [-0.25, -0.2) is 4.98 Å². The molecule has 1 aromatic heterocycles. The Bertz CT molecular complexity index is 650. The van der Waals surface area contributed by atoms with Crippen molar-refractivity contribution in [1.29, 1.82) is 0 Å². The quantitative estimate of drug-likeness (QED) is 0.915. The van der Waals surface area contributed by atoms with Crippen molar-refractivity contribution in [2.45, 2.75) is 26.8 Å². The maximum atomic E-state index is 4.76. The summed E-state index contributed by atoms with van der Waals surface area (Å²) < 4.78 is 0. The number of rotatable bonds is 5. The smallest absolute Gasteiger partial charge is 0.227 e. The van der Waals surface area contributed by atoms with E-state index in [0.29, 0.717) is 0 Å². The fourth-order valence-electron chi connectivity index (χ4n) is 3.08. The van der Waals surface area contributed by atoms with E-state index in [1.54, 1.807) is 0 Å². The lowest BCUT2D eigenvalue weighted by atomic mass is 10.1. The van der Waals surface area contributed by atoms with E-state index in [-0.39, 0.29) is 6.04 Å². The molecular weight excluding hydrogens is 298 g/mol. The third-order valence-corrected chi connectivity index (χ3v) is 4.61. The van der Waals surface area contributed by atoms with E-state index >= 15 is 0 Å². The van der Waals surface area contributed by atoms with Crippen LogP contribution in [-0.4, -0.2) is 47.6 Å². The first-order valence-electron chi connectivity index (χ1n) is 8.80. The van der Waals surface area contributed by atoms with E-state index in [2.05, 4.69) is 58.2 Å². The number of hydrogen-bond donors (Lipinski definition) is 1. The van der Waals surface area contributed by atoms with Crippen molar-refractivity contribution in [3.8, 4) is 0 Å². The molecule has 5 nitrogen and oxygen atoms in total. The molecule has 0 saturated carbocycles. The summed E-state index contributed by atoms with van der Waals surface area (Å²) in [5.41, 5.74) is 2.26. The first-order chi connectivity index (χ1) is 11.7. The van der Waals surface area contributed by atoms with Gasteiger partial charge in [0.1, 0.15) is 5.82 Å². The number of nitrogens with one attached hydrogen (secondary N) is 1. The van der Waals surface area contributed by atoms with Crippen molar-refractivity contribution >= 4 is 11.8 Å². The van der Waals surface area contributed by atoms with Gasteiger partial charge in [0, 0.05) is 44.0 Å². The highest BCUT2D eigenvalue weighted by Crippen LogP contribution is 2.20. The minimum atomic E-state index is 0.213. The molecule has 2 heterocycles. The van der Waals surface area contributed by atoms with Gasteiger partial charge in [0.2, 0.25) is 5.95 Å². The maximum absolute atomic E-state index is 4.76. The largest absolute Gasteiger partial charge is 0.363 e. The third kappa shape index (κ3) is 4.03. The van der Waals surface area contributed by atoms with Gasteiger partial charge < -0.3 is 15.1 Å². The lowest BCUT2D eigenvalue weighted by molar-refractivity contribution is 0.270. The minimum absolute atomic E-state index is 0.213. The van der Waals surface area contributed by atoms with E-state index in [1.807, 2.05) is 19.1 Å². The van der Waals surface area contributed by atoms with Gasteiger partial charge in [-0.3, -0.25) is 0 Å². The van der Waals surface area contributed by atoms with Gasteiger partial charge >= 0.3 is 0 Å². The van der Waals surface area contributed by atoms with Gasteiger partial charge in [-0.15, -0.1) is 0 Å². The highest BCUT2D eigenvalue weighted by atomic mass is 15.3. The molecule has 1 aromatic carbocycles. The van der Waals surface area contributed by atoms with Gasteiger partial charge in [-0.05, 0) is 26.0 Å². The van der Waals surface area contributed by atoms with Gasteiger partial charge in [0.05, 0.1) is 0 Å². The Balaban J connectivity index is 1.72. The van der Waals surface area contributed by atoms with Crippen molar-refractivity contribution in [2.24, 2.45) is 0 Å². The van der Waals surface area contributed by atoms with E-state index < -0.39 is 0 Å². The number of anilines is 2. The summed E-state index contributed by atoms with van der Waals surface area (Å²) in [7, 11) is 0. The summed E-state index contributed by atoms with van der Waals surface area (Å²) in [4.78, 5) is 14.2. The van der Waals surface area contributed by atoms with Crippen molar-refractivity contribution in [1.82, 2.24) is 14.9 Å². The Hall–Kier alpha value is -2.14. The van der Waals surface area contributed by atoms with Crippen LogP contribution in [0, 0.1) is 6.92 Å². The lowest BCUT2D eigenvalue weighted by Gasteiger charge is -2.34. The van der Waals surface area contributed by atoms with Crippen molar-refractivity contribution in [3.05, 3.63) is 47.7 Å². The summed E-state index contributed by atoms with van der Waals surface area (Å²) in [5.74, 6) is 1.74. The van der Waals surface area contributed by atoms with Crippen LogP contribution in [0.15, 0.2) is 36.4 Å². The molecule has 2 aromatic rings. The van der Waals surface area contributed by atoms with E-state index in [1.165, 1.54) is 5.56 Å². The predicted molar refractivity (Wildman–Crippen MR) is 99.6 cm³/mol. The van der Waals surface area contributed by atoms with E-state index in [4.69, 9.17) is 4.98 Å². The molecule has 1 saturated heterocycles. The molecule has 1 unspecified atom stereocenters. The van der Waals surface area contributed by atoms with Crippen LogP contribution in [0.25, 0.3) is 0 Å². The van der Waals surface area contributed by atoms with Crippen LogP contribution in [0.5, 0.6) is 0 Å². The second-order valence-corrected chi connectivity index (χ2v) is 6.39. The zero-order valence-corrected chi connectivity index (χ0v) is 14.9. The molecule has 24 heavy (non-hydrogen) atoms. The average molecular weight is 325 g/mol. The van der Waals surface area contributed by atoms with E-state index in [9.17, 15) is 0 Å². The number of aromatic nitrogens is 2. The van der Waals surface area contributed by atoms with Crippen LogP contribution in [0.4, 0.5) is 11.8 Å². The highest BCUT2D eigenvalue weighted by Gasteiger charge is 2.19. The molecule has 0 aliphatic carbocycles. The fraction of sp³-hybridized carbons (Fsp3) is 0.474. The van der Waals surface area contributed by atoms with Gasteiger partial charge in [-0.2, -0.15) is 4.98 Å². The Morgan fingerprint density at radius 1 is 1.08 bits per heavy atom. The first-order valence-corrected chi connectivity index (χ1v) is 8.80. The zero-order valence-electron chi connectivity index (χ0n) is 14.9. The molecule has 0 radical (unpaired) electrons. The zero-order chi connectivity index (χ0) is 16.9.